The van der Waals surface area contributed by atoms with Gasteiger partial charge in [-0.25, -0.2) is 18.9 Å². The molecule has 0 aliphatic carbocycles. The number of aromatic nitrogens is 5. The number of piperidine rings is 1. The van der Waals surface area contributed by atoms with Crippen molar-refractivity contribution in [3.63, 3.8) is 0 Å². The molecule has 4 heterocycles. The molecule has 5 aromatic rings. The first kappa shape index (κ1) is 33.4. The molecule has 2 aromatic carbocycles. The Balaban J connectivity index is 1.30. The van der Waals surface area contributed by atoms with Gasteiger partial charge in [0.1, 0.15) is 11.6 Å². The number of carboxylic acid groups (broad SMARTS) is 1. The number of nitrogens with one attached hydrogen (secondary N) is 2. The number of amides is 2. The lowest BCUT2D eigenvalue weighted by Crippen LogP contribution is -2.49. The Morgan fingerprint density at radius 2 is 1.90 bits per heavy atom. The summed E-state index contributed by atoms with van der Waals surface area (Å²) in [6.07, 6.45) is 2.15. The Morgan fingerprint density at radius 1 is 1.12 bits per heavy atom. The summed E-state index contributed by atoms with van der Waals surface area (Å²) in [5.41, 5.74) is 2.72. The third-order valence-electron chi connectivity index (χ3n) is 8.69. The first-order valence-corrected chi connectivity index (χ1v) is 16.1. The van der Waals surface area contributed by atoms with Gasteiger partial charge in [-0.05, 0) is 60.7 Å². The summed E-state index contributed by atoms with van der Waals surface area (Å²) in [6.45, 7) is 8.24. The number of methoxy groups -OCH3 is 1. The van der Waals surface area contributed by atoms with Crippen LogP contribution < -0.4 is 15.4 Å². The van der Waals surface area contributed by atoms with Crippen LogP contribution in [-0.2, 0) is 18.5 Å². The third-order valence-corrected chi connectivity index (χ3v) is 8.69. The van der Waals surface area contributed by atoms with Crippen LogP contribution in [0.1, 0.15) is 68.2 Å². The largest absolute Gasteiger partial charge is 0.497 e. The average Bonchev–Trinajstić information content (AvgIpc) is 3.71. The smallest absolute Gasteiger partial charge is 0.407 e. The molecule has 0 spiro atoms. The standard InChI is InChI=1S/C35H39FN8O5/c1-20-6-11-24(19-43(20)34(46)47)39-29-28-26(14-15-37-30(28)44(41-29)18-21-7-12-25(48-5)13-8-21)22-9-10-23(27(36)16-22)17-38-31(45)32-40-33(42-49-32)35(2,3)4/h7-10,12-16,20,24H,6,11,17-19H2,1-5H3,(H,38,45)(H,39,41)(H,46,47). The topological polar surface area (TPSA) is 161 Å². The molecule has 3 aromatic heterocycles. The van der Waals surface area contributed by atoms with E-state index in [1.54, 1.807) is 36.2 Å². The van der Waals surface area contributed by atoms with Gasteiger partial charge >= 0.3 is 17.9 Å². The van der Waals surface area contributed by atoms with E-state index in [0.717, 1.165) is 17.7 Å². The minimum atomic E-state index is -0.963. The fourth-order valence-electron chi connectivity index (χ4n) is 5.87. The molecule has 2 atom stereocenters. The SMILES string of the molecule is COc1ccc(Cn2nc(NC3CCC(C)N(C(=O)O)C3)c3c(-c4ccc(CNC(=O)c5nc(C(C)(C)C)no5)c(F)c4)ccnc32)cc1. The molecular formula is C35H39FN8O5. The van der Waals surface area contributed by atoms with Crippen molar-refractivity contribution in [2.75, 3.05) is 19.0 Å². The number of rotatable bonds is 9. The van der Waals surface area contributed by atoms with Crippen molar-refractivity contribution in [3.8, 4) is 16.9 Å². The number of carbonyl (C=O) groups is 2. The molecule has 0 radical (unpaired) electrons. The van der Waals surface area contributed by atoms with Crippen molar-refractivity contribution in [3.05, 3.63) is 83.4 Å². The van der Waals surface area contributed by atoms with Crippen LogP contribution in [-0.4, -0.2) is 72.7 Å². The molecule has 2 unspecified atom stereocenters. The van der Waals surface area contributed by atoms with Gasteiger partial charge in [-0.1, -0.05) is 50.2 Å². The Labute approximate surface area is 282 Å². The number of nitrogens with zero attached hydrogens (tertiary/aromatic N) is 6. The molecule has 49 heavy (non-hydrogen) atoms. The van der Waals surface area contributed by atoms with E-state index in [0.29, 0.717) is 53.3 Å². The van der Waals surface area contributed by atoms with Gasteiger partial charge in [0, 0.05) is 42.3 Å². The number of benzene rings is 2. The Bertz CT molecular complexity index is 1980. The average molecular weight is 671 g/mol. The van der Waals surface area contributed by atoms with Gasteiger partial charge in [0.05, 0.1) is 19.0 Å². The molecule has 3 N–H and O–H groups in total. The maximum Gasteiger partial charge on any atom is 0.407 e. The van der Waals surface area contributed by atoms with E-state index >= 15 is 4.39 Å². The van der Waals surface area contributed by atoms with Crippen LogP contribution in [0.3, 0.4) is 0 Å². The highest BCUT2D eigenvalue weighted by Crippen LogP contribution is 2.35. The zero-order valence-corrected chi connectivity index (χ0v) is 28.0. The maximum atomic E-state index is 15.6. The van der Waals surface area contributed by atoms with E-state index < -0.39 is 23.2 Å². The van der Waals surface area contributed by atoms with Crippen LogP contribution in [0, 0.1) is 5.82 Å². The number of fused-ring (bicyclic) bond motifs is 1. The first-order chi connectivity index (χ1) is 23.4. The lowest BCUT2D eigenvalue weighted by molar-refractivity contribution is 0.0906. The quantitative estimate of drug-likeness (QED) is 0.174. The van der Waals surface area contributed by atoms with Crippen LogP contribution >= 0.6 is 0 Å². The summed E-state index contributed by atoms with van der Waals surface area (Å²) >= 11 is 0. The van der Waals surface area contributed by atoms with Gasteiger partial charge in [0.25, 0.3) is 0 Å². The minimum absolute atomic E-state index is 0.0866. The highest BCUT2D eigenvalue weighted by atomic mass is 19.1. The summed E-state index contributed by atoms with van der Waals surface area (Å²) in [4.78, 5) is 34.8. The lowest BCUT2D eigenvalue weighted by atomic mass is 9.96. The number of halogens is 1. The molecule has 13 nitrogen and oxygen atoms in total. The predicted octanol–water partition coefficient (Wildman–Crippen LogP) is 5.85. The normalized spacial score (nSPS) is 16.5. The molecule has 1 aliphatic rings. The second kappa shape index (κ2) is 13.5. The highest BCUT2D eigenvalue weighted by Gasteiger charge is 2.30. The van der Waals surface area contributed by atoms with Crippen molar-refractivity contribution in [2.45, 2.75) is 71.1 Å². The number of ether oxygens (including phenoxy) is 1. The number of hydrogen-bond donors (Lipinski definition) is 3. The van der Waals surface area contributed by atoms with Crippen molar-refractivity contribution < 1.29 is 28.3 Å². The molecule has 0 bridgehead atoms. The molecule has 1 aliphatic heterocycles. The second-order valence-electron chi connectivity index (χ2n) is 13.3. The summed E-state index contributed by atoms with van der Waals surface area (Å²) in [5, 5.41) is 25.4. The molecule has 1 fully saturated rings. The molecule has 2 amide bonds. The van der Waals surface area contributed by atoms with Gasteiger partial charge in [-0.2, -0.15) is 10.1 Å². The number of carbonyl (C=O) groups excluding carboxylic acids is 1. The molecule has 14 heteroatoms. The summed E-state index contributed by atoms with van der Waals surface area (Å²) in [7, 11) is 1.61. The number of pyridine rings is 1. The van der Waals surface area contributed by atoms with Gasteiger partial charge in [0.2, 0.25) is 0 Å². The van der Waals surface area contributed by atoms with Crippen molar-refractivity contribution in [1.82, 2.24) is 35.1 Å². The Morgan fingerprint density at radius 3 is 2.57 bits per heavy atom. The summed E-state index contributed by atoms with van der Waals surface area (Å²) in [5.74, 6) is 0.369. The van der Waals surface area contributed by atoms with Gasteiger partial charge in [-0.15, -0.1) is 0 Å². The monoisotopic (exact) mass is 670 g/mol. The highest BCUT2D eigenvalue weighted by molar-refractivity contribution is 6.01. The van der Waals surface area contributed by atoms with Gasteiger partial charge < -0.3 is 29.9 Å². The fourth-order valence-corrected chi connectivity index (χ4v) is 5.87. The van der Waals surface area contributed by atoms with Crippen LogP contribution in [0.25, 0.3) is 22.2 Å². The van der Waals surface area contributed by atoms with Crippen LogP contribution in [0.15, 0.2) is 59.3 Å². The molecule has 0 saturated carbocycles. The molecule has 256 valence electrons. The number of likely N-dealkylation sites (tertiary alicyclic amines) is 1. The fraction of sp³-hybridized carbons (Fsp3) is 0.371. The van der Waals surface area contributed by atoms with E-state index in [1.165, 1.54) is 11.0 Å². The van der Waals surface area contributed by atoms with E-state index in [1.807, 2.05) is 52.0 Å². The zero-order chi connectivity index (χ0) is 34.9. The van der Waals surface area contributed by atoms with E-state index in [2.05, 4.69) is 25.8 Å². The van der Waals surface area contributed by atoms with Gasteiger partial charge in [-0.3, -0.25) is 4.79 Å². The lowest BCUT2D eigenvalue weighted by Gasteiger charge is -2.36. The molecule has 6 rings (SSSR count). The summed E-state index contributed by atoms with van der Waals surface area (Å²) < 4.78 is 27.8. The van der Waals surface area contributed by atoms with Crippen LogP contribution in [0.4, 0.5) is 15.0 Å². The number of anilines is 1. The third kappa shape index (κ3) is 7.17. The minimum Gasteiger partial charge on any atom is -0.497 e. The Hall–Kier alpha value is -5.53. The van der Waals surface area contributed by atoms with Crippen LogP contribution in [0.2, 0.25) is 0 Å². The second-order valence-corrected chi connectivity index (χ2v) is 13.3. The maximum absolute atomic E-state index is 15.6. The van der Waals surface area contributed by atoms with Crippen molar-refractivity contribution in [2.24, 2.45) is 0 Å². The Kier molecular flexibility index (Phi) is 9.22. The molecule has 1 saturated heterocycles. The van der Waals surface area contributed by atoms with Crippen LogP contribution in [0.5, 0.6) is 5.75 Å². The number of hydrogen-bond acceptors (Lipinski definition) is 9. The zero-order valence-electron chi connectivity index (χ0n) is 28.0. The van der Waals surface area contributed by atoms with Crippen molar-refractivity contribution in [1.29, 1.82) is 0 Å². The van der Waals surface area contributed by atoms with E-state index in [-0.39, 0.29) is 30.1 Å². The van der Waals surface area contributed by atoms with Crippen molar-refractivity contribution >= 4 is 28.9 Å². The molecular weight excluding hydrogens is 631 g/mol. The van der Waals surface area contributed by atoms with E-state index in [9.17, 15) is 14.7 Å². The first-order valence-electron chi connectivity index (χ1n) is 16.1. The summed E-state index contributed by atoms with van der Waals surface area (Å²) in [6, 6.07) is 14.0. The van der Waals surface area contributed by atoms with Gasteiger partial charge in [0.15, 0.2) is 17.3 Å². The predicted molar refractivity (Wildman–Crippen MR) is 180 cm³/mol. The van der Waals surface area contributed by atoms with E-state index in [4.69, 9.17) is 14.4 Å².